The van der Waals surface area contributed by atoms with Gasteiger partial charge in [0.05, 0.1) is 45.3 Å². The molecule has 4 N–H and O–H groups in total. The normalized spacial score (nSPS) is 11.3. The molecule has 6 rings (SSSR count). The van der Waals surface area contributed by atoms with E-state index in [2.05, 4.69) is 41.3 Å². The number of carboxylic acids is 2. The molecule has 0 saturated heterocycles. The van der Waals surface area contributed by atoms with Crippen LogP contribution >= 0.6 is 31.9 Å². The molecule has 0 spiro atoms. The van der Waals surface area contributed by atoms with E-state index in [0.717, 1.165) is 29.2 Å². The van der Waals surface area contributed by atoms with Gasteiger partial charge in [0.2, 0.25) is 0 Å². The van der Waals surface area contributed by atoms with E-state index in [1.165, 1.54) is 77.7 Å². The number of rotatable bonds is 12. The molecule has 6 aromatic carbocycles. The molecule has 13 nitrogen and oxygen atoms in total. The van der Waals surface area contributed by atoms with E-state index in [9.17, 15) is 36.6 Å². The van der Waals surface area contributed by atoms with Crippen molar-refractivity contribution in [2.75, 3.05) is 19.2 Å². The Morgan fingerprint density at radius 1 is 0.446 bits per heavy atom. The van der Waals surface area contributed by atoms with Gasteiger partial charge in [0.15, 0.2) is 0 Å². The molecular formula is C39H28Br2N4O9S2. The summed E-state index contributed by atoms with van der Waals surface area (Å²) in [6, 6.07) is 34.4. The number of hydrogen-bond donors (Lipinski definition) is 4. The van der Waals surface area contributed by atoms with Gasteiger partial charge in [0, 0.05) is 8.95 Å². The van der Waals surface area contributed by atoms with E-state index in [0.29, 0.717) is 20.3 Å². The first-order chi connectivity index (χ1) is 26.7. The van der Waals surface area contributed by atoms with Crippen molar-refractivity contribution in [2.45, 2.75) is 9.79 Å². The number of carboxylic acid groups (broad SMARTS) is 2. The number of hydrogen-bond acceptors (Lipinski definition) is 7. The number of urea groups is 1. The van der Waals surface area contributed by atoms with Crippen LogP contribution < -0.4 is 19.2 Å². The van der Waals surface area contributed by atoms with Crippen LogP contribution in [0.5, 0.6) is 0 Å². The molecule has 0 aliphatic rings. The Labute approximate surface area is 338 Å². The van der Waals surface area contributed by atoms with Gasteiger partial charge in [-0.15, -0.1) is 0 Å². The fourth-order valence-corrected chi connectivity index (χ4v) is 9.18. The molecule has 56 heavy (non-hydrogen) atoms. The van der Waals surface area contributed by atoms with E-state index in [1.54, 1.807) is 48.5 Å². The number of carbonyl (C=O) groups excluding carboxylic acids is 1. The molecule has 0 heterocycles. The fraction of sp³-hybridized carbons (Fsp3) is 0. The third kappa shape index (κ3) is 8.16. The van der Waals surface area contributed by atoms with Crippen LogP contribution in [0.1, 0.15) is 20.7 Å². The number of anilines is 6. The number of para-hydroxylation sites is 6. The molecule has 6 aromatic rings. The van der Waals surface area contributed by atoms with Gasteiger partial charge in [0.25, 0.3) is 20.0 Å². The zero-order chi connectivity index (χ0) is 40.2. The number of sulfonamides is 2. The second kappa shape index (κ2) is 16.4. The van der Waals surface area contributed by atoms with Crippen molar-refractivity contribution in [2.24, 2.45) is 0 Å². The van der Waals surface area contributed by atoms with Gasteiger partial charge < -0.3 is 10.2 Å². The minimum atomic E-state index is -4.64. The first-order valence-corrected chi connectivity index (χ1v) is 20.8. The summed E-state index contributed by atoms with van der Waals surface area (Å²) in [7, 11) is -9.29. The second-order valence-electron chi connectivity index (χ2n) is 11.7. The SMILES string of the molecule is O=C(O)c1ccccc1S(=O)(=O)Nc1ccccc1N(C(=O)N(c1ccccc1Br)c1ccccc1Br)c1ccccc1NS(=O)(=O)c1ccccc1C(=O)O. The van der Waals surface area contributed by atoms with Gasteiger partial charge in [-0.3, -0.25) is 19.2 Å². The van der Waals surface area contributed by atoms with Gasteiger partial charge in [-0.05, 0) is 105 Å². The largest absolute Gasteiger partial charge is 0.478 e. The Bertz CT molecular complexity index is 2550. The van der Waals surface area contributed by atoms with Crippen LogP contribution in [0.15, 0.2) is 164 Å². The summed E-state index contributed by atoms with van der Waals surface area (Å²) in [5, 5.41) is 19.6. The van der Waals surface area contributed by atoms with E-state index >= 15 is 4.79 Å². The first-order valence-electron chi connectivity index (χ1n) is 16.2. The zero-order valence-electron chi connectivity index (χ0n) is 28.6. The Kier molecular flexibility index (Phi) is 11.6. The average Bonchev–Trinajstić information content (AvgIpc) is 3.17. The standard InChI is InChI=1S/C39H28Br2N4O9S2/c40-27-15-3-7-19-31(27)44(32-20-8-4-16-28(32)41)39(50)45(33-21-9-5-17-29(33)42-55(51,52)35-23-11-1-13-25(35)37(46)47)34-22-10-6-18-30(34)43-56(53,54)36-24-12-2-14-26(36)38(48)49/h1-24,42-43H,(H,46,47)(H,48,49). The summed E-state index contributed by atoms with van der Waals surface area (Å²) in [4.78, 5) is 40.9. The Morgan fingerprint density at radius 2 is 0.750 bits per heavy atom. The Hall–Kier alpha value is -6.01. The Morgan fingerprint density at radius 3 is 1.12 bits per heavy atom. The molecule has 0 atom stereocenters. The van der Waals surface area contributed by atoms with Crippen LogP contribution in [-0.2, 0) is 20.0 Å². The smallest absolute Gasteiger partial charge is 0.338 e. The number of benzene rings is 6. The maximum atomic E-state index is 15.5. The highest BCUT2D eigenvalue weighted by Gasteiger charge is 2.34. The van der Waals surface area contributed by atoms with E-state index in [1.807, 2.05) is 0 Å². The third-order valence-corrected chi connectivity index (χ3v) is 12.4. The fourth-order valence-electron chi connectivity index (χ4n) is 5.70. The first kappa shape index (κ1) is 39.7. The van der Waals surface area contributed by atoms with Crippen molar-refractivity contribution in [3.05, 3.63) is 166 Å². The quantitative estimate of drug-likeness (QED) is 0.0927. The summed E-state index contributed by atoms with van der Waals surface area (Å²) >= 11 is 7.08. The van der Waals surface area contributed by atoms with Crippen molar-refractivity contribution in [3.63, 3.8) is 0 Å². The maximum absolute atomic E-state index is 15.5. The van der Waals surface area contributed by atoms with Crippen LogP contribution in [0.25, 0.3) is 0 Å². The van der Waals surface area contributed by atoms with Crippen molar-refractivity contribution in [1.29, 1.82) is 0 Å². The van der Waals surface area contributed by atoms with Crippen molar-refractivity contribution >= 4 is 104 Å². The zero-order valence-corrected chi connectivity index (χ0v) is 33.4. The molecule has 0 saturated carbocycles. The molecule has 0 bridgehead atoms. The summed E-state index contributed by atoms with van der Waals surface area (Å²) < 4.78 is 61.6. The lowest BCUT2D eigenvalue weighted by atomic mass is 10.2. The van der Waals surface area contributed by atoms with E-state index in [-0.39, 0.29) is 22.7 Å². The van der Waals surface area contributed by atoms with Gasteiger partial charge in [-0.1, -0.05) is 72.8 Å². The summed E-state index contributed by atoms with van der Waals surface area (Å²) in [5.41, 5.74) is -0.885. The highest BCUT2D eigenvalue weighted by atomic mass is 79.9. The summed E-state index contributed by atoms with van der Waals surface area (Å²) in [5.74, 6) is -2.97. The lowest BCUT2D eigenvalue weighted by Gasteiger charge is -2.34. The molecule has 17 heteroatoms. The number of carbonyl (C=O) groups is 3. The molecular weight excluding hydrogens is 892 g/mol. The molecule has 284 valence electrons. The minimum absolute atomic E-state index is 0.101. The van der Waals surface area contributed by atoms with Crippen LogP contribution in [0.2, 0.25) is 0 Å². The van der Waals surface area contributed by atoms with Crippen LogP contribution in [0, 0.1) is 0 Å². The van der Waals surface area contributed by atoms with Crippen molar-refractivity contribution in [3.8, 4) is 0 Å². The summed E-state index contributed by atoms with van der Waals surface area (Å²) in [6.45, 7) is 0. The molecule has 0 aromatic heterocycles. The Balaban J connectivity index is 1.60. The van der Waals surface area contributed by atoms with Crippen LogP contribution in [-0.4, -0.2) is 45.0 Å². The van der Waals surface area contributed by atoms with E-state index < -0.39 is 58.9 Å². The number of nitrogens with one attached hydrogen (secondary N) is 2. The lowest BCUT2D eigenvalue weighted by Crippen LogP contribution is -2.39. The predicted octanol–water partition coefficient (Wildman–Crippen LogP) is 9.31. The van der Waals surface area contributed by atoms with Gasteiger partial charge in [-0.25, -0.2) is 31.2 Å². The number of nitrogens with zero attached hydrogens (tertiary/aromatic N) is 2. The predicted molar refractivity (Wildman–Crippen MR) is 219 cm³/mol. The molecule has 2 amide bonds. The van der Waals surface area contributed by atoms with E-state index in [4.69, 9.17) is 0 Å². The molecule has 0 radical (unpaired) electrons. The number of aromatic carboxylic acids is 2. The summed E-state index contributed by atoms with van der Waals surface area (Å²) in [6.07, 6.45) is 0. The topological polar surface area (TPSA) is 190 Å². The molecule has 0 fully saturated rings. The minimum Gasteiger partial charge on any atom is -0.478 e. The monoisotopic (exact) mass is 918 g/mol. The third-order valence-electron chi connectivity index (χ3n) is 8.16. The van der Waals surface area contributed by atoms with Gasteiger partial charge >= 0.3 is 18.0 Å². The van der Waals surface area contributed by atoms with Crippen molar-refractivity contribution in [1.82, 2.24) is 0 Å². The average molecular weight is 921 g/mol. The van der Waals surface area contributed by atoms with Crippen LogP contribution in [0.4, 0.5) is 38.9 Å². The number of amides is 2. The highest BCUT2D eigenvalue weighted by molar-refractivity contribution is 9.11. The maximum Gasteiger partial charge on any atom is 0.338 e. The van der Waals surface area contributed by atoms with Gasteiger partial charge in [0.1, 0.15) is 9.79 Å². The molecule has 0 aliphatic heterocycles. The number of halogens is 2. The highest BCUT2D eigenvalue weighted by Crippen LogP contribution is 2.43. The molecule has 0 aliphatic carbocycles. The second-order valence-corrected chi connectivity index (χ2v) is 16.7. The lowest BCUT2D eigenvalue weighted by molar-refractivity contribution is 0.0682. The van der Waals surface area contributed by atoms with Crippen LogP contribution in [0.3, 0.4) is 0 Å². The van der Waals surface area contributed by atoms with Gasteiger partial charge in [-0.2, -0.15) is 0 Å². The van der Waals surface area contributed by atoms with Crippen molar-refractivity contribution < 1.29 is 41.4 Å². The molecule has 0 unspecified atom stereocenters.